The Morgan fingerprint density at radius 1 is 1.00 bits per heavy atom. The smallest absolute Gasteiger partial charge is 0.225 e. The molecule has 1 amide bonds. The van der Waals surface area contributed by atoms with E-state index in [1.165, 1.54) is 12.8 Å². The zero-order chi connectivity index (χ0) is 12.4. The van der Waals surface area contributed by atoms with Gasteiger partial charge in [0.25, 0.3) is 0 Å². The van der Waals surface area contributed by atoms with Gasteiger partial charge in [0.2, 0.25) is 5.91 Å². The third kappa shape index (κ3) is 5.53. The van der Waals surface area contributed by atoms with Crippen molar-refractivity contribution < 1.29 is 4.79 Å². The van der Waals surface area contributed by atoms with E-state index in [0.29, 0.717) is 5.91 Å². The molecule has 0 fully saturated rings. The Hall–Kier alpha value is -0.530. The second-order valence-electron chi connectivity index (χ2n) is 4.57. The summed E-state index contributed by atoms with van der Waals surface area (Å²) in [5.74, 6) is 0.651. The number of hydrogen-bond donors (Lipinski definition) is 0. The van der Waals surface area contributed by atoms with Crippen molar-refractivity contribution in [2.24, 2.45) is 5.92 Å². The van der Waals surface area contributed by atoms with E-state index in [-0.39, 0.29) is 5.92 Å². The van der Waals surface area contributed by atoms with Crippen LogP contribution in [0.2, 0.25) is 0 Å². The number of carbonyl (C=O) groups excluding carboxylic acids is 1. The molecule has 1 unspecified atom stereocenters. The Labute approximate surface area is 101 Å². The maximum atomic E-state index is 12.3. The molecule has 1 atom stereocenters. The van der Waals surface area contributed by atoms with Gasteiger partial charge in [-0.2, -0.15) is 0 Å². The zero-order valence-electron chi connectivity index (χ0n) is 11.6. The molecule has 0 saturated carbocycles. The maximum absolute atomic E-state index is 12.3. The van der Waals surface area contributed by atoms with Crippen LogP contribution in [0.3, 0.4) is 0 Å². The normalized spacial score (nSPS) is 12.5. The van der Waals surface area contributed by atoms with Crippen molar-refractivity contribution in [3.63, 3.8) is 0 Å². The van der Waals surface area contributed by atoms with Crippen LogP contribution in [0.5, 0.6) is 0 Å². The van der Waals surface area contributed by atoms with E-state index in [0.717, 1.165) is 38.8 Å². The van der Waals surface area contributed by atoms with Gasteiger partial charge in [-0.15, -0.1) is 0 Å². The standard InChI is InChI=1S/C14H29NO/c1-5-9-10-13(8-4)14(16)15(11-6-2)12-7-3/h13H,5-12H2,1-4H3. The quantitative estimate of drug-likeness (QED) is 0.586. The van der Waals surface area contributed by atoms with Crippen molar-refractivity contribution in [2.45, 2.75) is 66.2 Å². The molecule has 96 valence electrons. The molecule has 0 N–H and O–H groups in total. The molecule has 0 aliphatic rings. The fraction of sp³-hybridized carbons (Fsp3) is 0.929. The highest BCUT2D eigenvalue weighted by atomic mass is 16.2. The van der Waals surface area contributed by atoms with Gasteiger partial charge in [-0.1, -0.05) is 40.5 Å². The Balaban J connectivity index is 4.29. The third-order valence-corrected chi connectivity index (χ3v) is 3.05. The molecule has 0 aromatic rings. The summed E-state index contributed by atoms with van der Waals surface area (Å²) in [7, 11) is 0. The molecule has 0 saturated heterocycles. The first-order chi connectivity index (χ1) is 7.71. The minimum absolute atomic E-state index is 0.262. The number of amides is 1. The lowest BCUT2D eigenvalue weighted by molar-refractivity contribution is -0.136. The van der Waals surface area contributed by atoms with Gasteiger partial charge in [-0.25, -0.2) is 0 Å². The van der Waals surface area contributed by atoms with Crippen LogP contribution in [0, 0.1) is 5.92 Å². The number of nitrogens with zero attached hydrogens (tertiary/aromatic N) is 1. The third-order valence-electron chi connectivity index (χ3n) is 3.05. The van der Waals surface area contributed by atoms with Crippen LogP contribution < -0.4 is 0 Å². The molecule has 16 heavy (non-hydrogen) atoms. The van der Waals surface area contributed by atoms with Crippen LogP contribution in [0.25, 0.3) is 0 Å². The van der Waals surface area contributed by atoms with E-state index in [1.807, 2.05) is 0 Å². The second kappa shape index (κ2) is 9.68. The van der Waals surface area contributed by atoms with Gasteiger partial charge in [-0.3, -0.25) is 4.79 Å². The molecular weight excluding hydrogens is 198 g/mol. The molecule has 0 aliphatic carbocycles. The largest absolute Gasteiger partial charge is 0.342 e. The van der Waals surface area contributed by atoms with Crippen molar-refractivity contribution in [1.82, 2.24) is 4.90 Å². The van der Waals surface area contributed by atoms with E-state index in [9.17, 15) is 4.79 Å². The molecule has 0 bridgehead atoms. The Bertz CT molecular complexity index is 174. The molecule has 0 aromatic carbocycles. The molecular formula is C14H29NO. The fourth-order valence-electron chi connectivity index (χ4n) is 2.08. The van der Waals surface area contributed by atoms with Crippen molar-refractivity contribution in [3.05, 3.63) is 0 Å². The summed E-state index contributed by atoms with van der Waals surface area (Å²) in [6.45, 7) is 10.5. The zero-order valence-corrected chi connectivity index (χ0v) is 11.6. The lowest BCUT2D eigenvalue weighted by Crippen LogP contribution is -2.37. The first kappa shape index (κ1) is 15.5. The summed E-state index contributed by atoms with van der Waals surface area (Å²) in [4.78, 5) is 14.3. The maximum Gasteiger partial charge on any atom is 0.225 e. The molecule has 2 nitrogen and oxygen atoms in total. The highest BCUT2D eigenvalue weighted by Gasteiger charge is 2.20. The molecule has 0 heterocycles. The molecule has 0 aliphatic heterocycles. The lowest BCUT2D eigenvalue weighted by atomic mass is 9.97. The number of rotatable bonds is 9. The van der Waals surface area contributed by atoms with Gasteiger partial charge >= 0.3 is 0 Å². The van der Waals surface area contributed by atoms with Gasteiger partial charge < -0.3 is 4.90 Å². The van der Waals surface area contributed by atoms with Crippen LogP contribution in [-0.2, 0) is 4.79 Å². The molecule has 0 radical (unpaired) electrons. The van der Waals surface area contributed by atoms with E-state index in [2.05, 4.69) is 32.6 Å². The van der Waals surface area contributed by atoms with Crippen LogP contribution in [0.4, 0.5) is 0 Å². The summed E-state index contributed by atoms with van der Waals surface area (Å²) in [6.07, 6.45) is 6.55. The van der Waals surface area contributed by atoms with Gasteiger partial charge in [0.1, 0.15) is 0 Å². The predicted molar refractivity (Wildman–Crippen MR) is 70.5 cm³/mol. The van der Waals surface area contributed by atoms with Gasteiger partial charge in [0.05, 0.1) is 0 Å². The number of unbranched alkanes of at least 4 members (excludes halogenated alkanes) is 1. The summed E-state index contributed by atoms with van der Waals surface area (Å²) in [6, 6.07) is 0. The Morgan fingerprint density at radius 2 is 1.56 bits per heavy atom. The summed E-state index contributed by atoms with van der Waals surface area (Å²) in [5.41, 5.74) is 0. The minimum Gasteiger partial charge on any atom is -0.342 e. The summed E-state index contributed by atoms with van der Waals surface area (Å²) in [5, 5.41) is 0. The summed E-state index contributed by atoms with van der Waals surface area (Å²) < 4.78 is 0. The lowest BCUT2D eigenvalue weighted by Gasteiger charge is -2.26. The highest BCUT2D eigenvalue weighted by Crippen LogP contribution is 2.16. The fourth-order valence-corrected chi connectivity index (χ4v) is 2.08. The second-order valence-corrected chi connectivity index (χ2v) is 4.57. The van der Waals surface area contributed by atoms with Crippen LogP contribution >= 0.6 is 0 Å². The van der Waals surface area contributed by atoms with Gasteiger partial charge in [-0.05, 0) is 25.7 Å². The van der Waals surface area contributed by atoms with Crippen molar-refractivity contribution in [1.29, 1.82) is 0 Å². The van der Waals surface area contributed by atoms with Crippen LogP contribution in [0.1, 0.15) is 66.2 Å². The minimum atomic E-state index is 0.262. The van der Waals surface area contributed by atoms with Crippen molar-refractivity contribution >= 4 is 5.91 Å². The number of carbonyl (C=O) groups is 1. The monoisotopic (exact) mass is 227 g/mol. The topological polar surface area (TPSA) is 20.3 Å². The summed E-state index contributed by atoms with van der Waals surface area (Å²) >= 11 is 0. The SMILES string of the molecule is CCCCC(CC)C(=O)N(CCC)CCC. The van der Waals surface area contributed by atoms with Crippen molar-refractivity contribution in [3.8, 4) is 0 Å². The first-order valence-corrected chi connectivity index (χ1v) is 6.99. The highest BCUT2D eigenvalue weighted by molar-refractivity contribution is 5.78. The molecule has 0 spiro atoms. The van der Waals surface area contributed by atoms with Crippen LogP contribution in [-0.4, -0.2) is 23.9 Å². The molecule has 0 rings (SSSR count). The average molecular weight is 227 g/mol. The first-order valence-electron chi connectivity index (χ1n) is 6.99. The Morgan fingerprint density at radius 3 is 1.94 bits per heavy atom. The average Bonchev–Trinajstić information content (AvgIpc) is 2.29. The number of hydrogen-bond acceptors (Lipinski definition) is 1. The molecule has 0 aromatic heterocycles. The Kier molecular flexibility index (Phi) is 9.36. The van der Waals surface area contributed by atoms with E-state index < -0.39 is 0 Å². The van der Waals surface area contributed by atoms with E-state index >= 15 is 0 Å². The van der Waals surface area contributed by atoms with E-state index in [4.69, 9.17) is 0 Å². The van der Waals surface area contributed by atoms with Gasteiger partial charge in [0.15, 0.2) is 0 Å². The van der Waals surface area contributed by atoms with Crippen molar-refractivity contribution in [2.75, 3.05) is 13.1 Å². The van der Waals surface area contributed by atoms with E-state index in [1.54, 1.807) is 0 Å². The van der Waals surface area contributed by atoms with Gasteiger partial charge in [0, 0.05) is 19.0 Å². The predicted octanol–water partition coefficient (Wildman–Crippen LogP) is 3.85. The van der Waals surface area contributed by atoms with Crippen LogP contribution in [0.15, 0.2) is 0 Å². The molecule has 2 heteroatoms.